The number of fused-ring (bicyclic) bond motifs is 5. The van der Waals surface area contributed by atoms with E-state index in [2.05, 4.69) is 27.7 Å². The number of carboxylic acids is 2. The van der Waals surface area contributed by atoms with E-state index >= 15 is 0 Å². The van der Waals surface area contributed by atoms with Crippen LogP contribution in [0.1, 0.15) is 156 Å². The number of carboxylic acid groups (broad SMARTS) is 2. The van der Waals surface area contributed by atoms with E-state index < -0.39 is 11.9 Å². The molecule has 11 nitrogen and oxygen atoms in total. The van der Waals surface area contributed by atoms with Crippen LogP contribution >= 0.6 is 0 Å². The first-order chi connectivity index (χ1) is 24.8. The third kappa shape index (κ3) is 13.6. The van der Waals surface area contributed by atoms with Crippen LogP contribution in [-0.2, 0) is 28.7 Å². The van der Waals surface area contributed by atoms with E-state index in [9.17, 15) is 19.2 Å². The Bertz CT molecular complexity index is 1070. The molecule has 0 spiro atoms. The summed E-state index contributed by atoms with van der Waals surface area (Å²) in [5, 5.41) is 15.7. The average molecular weight is 738 g/mol. The van der Waals surface area contributed by atoms with E-state index in [4.69, 9.17) is 36.9 Å². The van der Waals surface area contributed by atoms with E-state index in [-0.39, 0.29) is 49.4 Å². The van der Waals surface area contributed by atoms with Gasteiger partial charge in [0.2, 0.25) is 0 Å². The second kappa shape index (κ2) is 23.5. The lowest BCUT2D eigenvalue weighted by Crippen LogP contribution is -2.58. The Kier molecular flexibility index (Phi) is 20.8. The molecule has 0 aromatic heterocycles. The Morgan fingerprint density at radius 2 is 1.35 bits per heavy atom. The molecule has 0 aromatic carbocycles. The third-order valence-electron chi connectivity index (χ3n) is 13.2. The molecule has 0 bridgehead atoms. The first-order valence-electron chi connectivity index (χ1n) is 20.7. The Balaban J connectivity index is 0.000000671. The fourth-order valence-electron chi connectivity index (χ4n) is 10.6. The van der Waals surface area contributed by atoms with E-state index in [0.717, 1.165) is 25.7 Å². The molecule has 7 unspecified atom stereocenters. The molecule has 4 rings (SSSR count). The Morgan fingerprint density at radius 1 is 0.731 bits per heavy atom. The molecular weight excluding hydrogens is 662 g/mol. The largest absolute Gasteiger partial charge is 0.481 e. The molecule has 0 radical (unpaired) electrons. The van der Waals surface area contributed by atoms with E-state index in [1.54, 1.807) is 0 Å². The molecule has 52 heavy (non-hydrogen) atoms. The summed E-state index contributed by atoms with van der Waals surface area (Å²) in [5.41, 5.74) is 16.1. The summed E-state index contributed by atoms with van der Waals surface area (Å²) in [5.74, 6) is 1.77. The van der Waals surface area contributed by atoms with Crippen LogP contribution in [0.3, 0.4) is 0 Å². The maximum absolute atomic E-state index is 12.7. The SMILES string of the molecule is CCCCCCCCOC(=O)CC[C@@H](C)C1CCC2C3C(CCC21C)C1(C)CCCCC1C[C@H]3OC(=O)CCN.NCCC(=O)O.NCCC(=O)O. The van der Waals surface area contributed by atoms with Gasteiger partial charge in [-0.2, -0.15) is 0 Å². The highest BCUT2D eigenvalue weighted by Crippen LogP contribution is 2.68. The molecule has 4 fully saturated rings. The predicted octanol–water partition coefficient (Wildman–Crippen LogP) is 7.07. The minimum Gasteiger partial charge on any atom is -0.481 e. The lowest BCUT2D eigenvalue weighted by Gasteiger charge is -2.62. The number of unbranched alkanes of at least 4 members (excludes halogenated alkanes) is 5. The van der Waals surface area contributed by atoms with Crippen molar-refractivity contribution < 1.29 is 38.9 Å². The zero-order chi connectivity index (χ0) is 38.7. The van der Waals surface area contributed by atoms with Crippen molar-refractivity contribution in [2.24, 2.45) is 63.5 Å². The highest BCUT2D eigenvalue weighted by atomic mass is 16.5. The van der Waals surface area contributed by atoms with Crippen molar-refractivity contribution in [1.29, 1.82) is 0 Å². The average Bonchev–Trinajstić information content (AvgIpc) is 3.44. The van der Waals surface area contributed by atoms with E-state index in [1.807, 2.05) is 0 Å². The zero-order valence-electron chi connectivity index (χ0n) is 33.1. The molecule has 0 aromatic rings. The molecule has 4 aliphatic carbocycles. The Morgan fingerprint density at radius 3 is 1.94 bits per heavy atom. The molecule has 11 heteroatoms. The summed E-state index contributed by atoms with van der Waals surface area (Å²) >= 11 is 0. The van der Waals surface area contributed by atoms with Crippen molar-refractivity contribution in [1.82, 2.24) is 0 Å². The quantitative estimate of drug-likeness (QED) is 0.0711. The van der Waals surface area contributed by atoms with Crippen LogP contribution in [-0.4, -0.2) is 66.4 Å². The number of hydrogen-bond acceptors (Lipinski definition) is 9. The number of rotatable bonds is 18. The summed E-state index contributed by atoms with van der Waals surface area (Å²) in [6.07, 6.45) is 20.6. The number of carbonyl (C=O) groups is 4. The molecule has 302 valence electrons. The molecule has 4 saturated carbocycles. The van der Waals surface area contributed by atoms with Gasteiger partial charge in [0.25, 0.3) is 0 Å². The van der Waals surface area contributed by atoms with Gasteiger partial charge >= 0.3 is 23.9 Å². The van der Waals surface area contributed by atoms with Gasteiger partial charge in [-0.25, -0.2) is 0 Å². The molecule has 0 saturated heterocycles. The molecule has 9 atom stereocenters. The topological polar surface area (TPSA) is 205 Å². The van der Waals surface area contributed by atoms with E-state index in [1.165, 1.54) is 77.0 Å². The van der Waals surface area contributed by atoms with Gasteiger partial charge in [-0.15, -0.1) is 0 Å². The summed E-state index contributed by atoms with van der Waals surface area (Å²) in [6.45, 7) is 11.2. The maximum atomic E-state index is 12.7. The summed E-state index contributed by atoms with van der Waals surface area (Å²) in [7, 11) is 0. The van der Waals surface area contributed by atoms with E-state index in [0.29, 0.717) is 66.9 Å². The number of ether oxygens (including phenoxy) is 2. The van der Waals surface area contributed by atoms with Gasteiger partial charge < -0.3 is 36.9 Å². The second-order valence-corrected chi connectivity index (χ2v) is 16.6. The molecule has 4 aliphatic rings. The van der Waals surface area contributed by atoms with Crippen molar-refractivity contribution >= 4 is 23.9 Å². The Hall–Kier alpha value is -2.24. The summed E-state index contributed by atoms with van der Waals surface area (Å²) in [6, 6.07) is 0. The molecular formula is C41H75N3O8. The highest BCUT2D eigenvalue weighted by Gasteiger charge is 2.63. The van der Waals surface area contributed by atoms with Gasteiger partial charge in [-0.1, -0.05) is 72.6 Å². The highest BCUT2D eigenvalue weighted by molar-refractivity contribution is 5.70. The fourth-order valence-corrected chi connectivity index (χ4v) is 10.6. The minimum absolute atomic E-state index is 0.0146. The molecule has 0 heterocycles. The van der Waals surface area contributed by atoms with Gasteiger partial charge in [0, 0.05) is 32.0 Å². The van der Waals surface area contributed by atoms with Gasteiger partial charge in [0.05, 0.1) is 25.9 Å². The van der Waals surface area contributed by atoms with Crippen molar-refractivity contribution in [3.8, 4) is 0 Å². The standard InChI is InChI=1S/C35H61NO4.2C3H7NO2/c1-5-6-7-8-9-12-23-39-31(37)17-14-25(2)27-15-16-28-33-29(18-21-35(27,28)4)34(3)20-11-10-13-26(34)24-30(33)40-32(38)19-22-36;2*4-2-1-3(5)6/h25-30,33H,5-24,36H2,1-4H3;2*1-2,4H2,(H,5,6)/t25-,26?,27?,28?,29?,30-,33?,34?,35?;;/m1../s1. The monoisotopic (exact) mass is 738 g/mol. The molecule has 0 aliphatic heterocycles. The van der Waals surface area contributed by atoms with Gasteiger partial charge in [0.15, 0.2) is 0 Å². The third-order valence-corrected chi connectivity index (χ3v) is 13.2. The van der Waals surface area contributed by atoms with Crippen molar-refractivity contribution in [2.75, 3.05) is 26.2 Å². The fraction of sp³-hybridized carbons (Fsp3) is 0.902. The number of esters is 2. The van der Waals surface area contributed by atoms with Crippen LogP contribution in [0, 0.1) is 46.3 Å². The number of carbonyl (C=O) groups excluding carboxylic acids is 2. The van der Waals surface area contributed by atoms with Crippen LogP contribution in [0.25, 0.3) is 0 Å². The van der Waals surface area contributed by atoms with Gasteiger partial charge in [-0.05, 0) is 98.2 Å². The van der Waals surface area contributed by atoms with Crippen LogP contribution in [0.2, 0.25) is 0 Å². The lowest BCUT2D eigenvalue weighted by atomic mass is 9.44. The predicted molar refractivity (Wildman–Crippen MR) is 204 cm³/mol. The lowest BCUT2D eigenvalue weighted by molar-refractivity contribution is -0.190. The summed E-state index contributed by atoms with van der Waals surface area (Å²) in [4.78, 5) is 44.3. The van der Waals surface area contributed by atoms with Crippen molar-refractivity contribution in [3.63, 3.8) is 0 Å². The molecule has 8 N–H and O–H groups in total. The number of hydrogen-bond donors (Lipinski definition) is 5. The van der Waals surface area contributed by atoms with Crippen molar-refractivity contribution in [2.45, 2.75) is 162 Å². The van der Waals surface area contributed by atoms with Gasteiger partial charge in [0.1, 0.15) is 6.10 Å². The van der Waals surface area contributed by atoms with Crippen molar-refractivity contribution in [3.05, 3.63) is 0 Å². The first-order valence-corrected chi connectivity index (χ1v) is 20.7. The van der Waals surface area contributed by atoms with Crippen LogP contribution in [0.4, 0.5) is 0 Å². The van der Waals surface area contributed by atoms with Crippen LogP contribution in [0.15, 0.2) is 0 Å². The van der Waals surface area contributed by atoms with Crippen LogP contribution in [0.5, 0.6) is 0 Å². The molecule has 0 amide bonds. The summed E-state index contributed by atoms with van der Waals surface area (Å²) < 4.78 is 11.9. The number of nitrogens with two attached hydrogens (primary N) is 3. The van der Waals surface area contributed by atoms with Gasteiger partial charge in [-0.3, -0.25) is 19.2 Å². The number of aliphatic carboxylic acids is 2. The Labute approximate surface area is 314 Å². The smallest absolute Gasteiger partial charge is 0.307 e. The van der Waals surface area contributed by atoms with Crippen LogP contribution < -0.4 is 17.2 Å². The maximum Gasteiger partial charge on any atom is 0.307 e. The normalized spacial score (nSPS) is 30.8. The zero-order valence-corrected chi connectivity index (χ0v) is 33.1. The second-order valence-electron chi connectivity index (χ2n) is 16.6. The first kappa shape index (κ1) is 45.9. The minimum atomic E-state index is -0.836.